The topological polar surface area (TPSA) is 103 Å². The number of nitro groups is 1. The van der Waals surface area contributed by atoms with Crippen LogP contribution in [0.4, 0.5) is 5.69 Å². The van der Waals surface area contributed by atoms with E-state index in [1.165, 1.54) is 18.3 Å². The number of benzene rings is 1. The van der Waals surface area contributed by atoms with Crippen molar-refractivity contribution in [3.63, 3.8) is 0 Å². The van der Waals surface area contributed by atoms with Gasteiger partial charge in [-0.1, -0.05) is 12.1 Å². The van der Waals surface area contributed by atoms with Gasteiger partial charge in [-0.15, -0.1) is 0 Å². The molecule has 0 spiro atoms. The average molecular weight is 288 g/mol. The molecule has 0 aliphatic rings. The minimum Gasteiger partial charge on any atom is -0.482 e. The maximum Gasteiger partial charge on any atom is 0.354 e. The number of ether oxygens (including phenoxy) is 1. The van der Waals surface area contributed by atoms with Gasteiger partial charge in [0.2, 0.25) is 0 Å². The summed E-state index contributed by atoms with van der Waals surface area (Å²) in [6.45, 7) is 1.67. The summed E-state index contributed by atoms with van der Waals surface area (Å²) in [6, 6.07) is 7.63. The second kappa shape index (κ2) is 6.00. The van der Waals surface area contributed by atoms with Crippen LogP contribution in [0.5, 0.6) is 5.75 Å². The average Bonchev–Trinajstić information content (AvgIpc) is 2.45. The predicted octanol–water partition coefficient (Wildman–Crippen LogP) is 2.58. The molecular weight excluding hydrogens is 276 g/mol. The maximum absolute atomic E-state index is 11.0. The predicted molar refractivity (Wildman–Crippen MR) is 73.4 cm³/mol. The van der Waals surface area contributed by atoms with Crippen LogP contribution in [0.15, 0.2) is 36.5 Å². The zero-order chi connectivity index (χ0) is 15.4. The van der Waals surface area contributed by atoms with Crippen molar-refractivity contribution >= 4 is 11.7 Å². The second-order valence-corrected chi connectivity index (χ2v) is 4.33. The smallest absolute Gasteiger partial charge is 0.354 e. The number of nitro benzene ring substituents is 1. The molecule has 0 unspecified atom stereocenters. The van der Waals surface area contributed by atoms with Crippen LogP contribution in [-0.2, 0) is 6.61 Å². The first-order valence-corrected chi connectivity index (χ1v) is 6.04. The van der Waals surface area contributed by atoms with Crippen LogP contribution < -0.4 is 4.74 Å². The molecule has 1 aromatic carbocycles. The van der Waals surface area contributed by atoms with E-state index >= 15 is 0 Å². The highest BCUT2D eigenvalue weighted by Gasteiger charge is 2.17. The Balaban J connectivity index is 2.27. The van der Waals surface area contributed by atoms with Crippen molar-refractivity contribution in [3.8, 4) is 5.75 Å². The van der Waals surface area contributed by atoms with E-state index in [0.29, 0.717) is 5.56 Å². The third-order valence-corrected chi connectivity index (χ3v) is 2.79. The molecule has 0 aliphatic carbocycles. The number of carboxylic acid groups (broad SMARTS) is 1. The van der Waals surface area contributed by atoms with Gasteiger partial charge in [0.05, 0.1) is 4.92 Å². The van der Waals surface area contributed by atoms with Gasteiger partial charge in [-0.05, 0) is 24.6 Å². The minimum absolute atomic E-state index is 0.0974. The summed E-state index contributed by atoms with van der Waals surface area (Å²) in [5, 5.41) is 20.0. The maximum atomic E-state index is 11.0. The molecule has 0 saturated carbocycles. The molecule has 1 N–H and O–H groups in total. The molecule has 108 valence electrons. The molecular formula is C14H12N2O5. The van der Waals surface area contributed by atoms with Gasteiger partial charge >= 0.3 is 11.7 Å². The van der Waals surface area contributed by atoms with E-state index in [4.69, 9.17) is 9.84 Å². The fraction of sp³-hybridized carbons (Fsp3) is 0.143. The van der Waals surface area contributed by atoms with E-state index in [2.05, 4.69) is 4.98 Å². The number of aryl methyl sites for hydroxylation is 1. The lowest BCUT2D eigenvalue weighted by atomic mass is 10.2. The Morgan fingerprint density at radius 3 is 2.86 bits per heavy atom. The van der Waals surface area contributed by atoms with Crippen molar-refractivity contribution in [2.75, 3.05) is 0 Å². The van der Waals surface area contributed by atoms with Crippen LogP contribution >= 0.6 is 0 Å². The number of hydrogen-bond donors (Lipinski definition) is 1. The minimum atomic E-state index is -1.17. The number of aromatic nitrogens is 1. The molecule has 2 rings (SSSR count). The van der Waals surface area contributed by atoms with Gasteiger partial charge in [0.1, 0.15) is 6.61 Å². The SMILES string of the molecule is Cc1ccc([N+](=O)[O-])c(OCc2cccnc2C(=O)O)c1. The van der Waals surface area contributed by atoms with Crippen molar-refractivity contribution in [3.05, 3.63) is 63.5 Å². The third kappa shape index (κ3) is 3.33. The van der Waals surface area contributed by atoms with Gasteiger partial charge < -0.3 is 9.84 Å². The Morgan fingerprint density at radius 2 is 2.19 bits per heavy atom. The highest BCUT2D eigenvalue weighted by Crippen LogP contribution is 2.28. The fourth-order valence-electron chi connectivity index (χ4n) is 1.79. The van der Waals surface area contributed by atoms with Gasteiger partial charge in [-0.3, -0.25) is 10.1 Å². The van der Waals surface area contributed by atoms with Crippen LogP contribution in [0.3, 0.4) is 0 Å². The molecule has 2 aromatic rings. The standard InChI is InChI=1S/C14H12N2O5/c1-9-4-5-11(16(19)20)12(7-9)21-8-10-3-2-6-15-13(10)14(17)18/h2-7H,8H2,1H3,(H,17,18). The monoisotopic (exact) mass is 288 g/mol. The van der Waals surface area contributed by atoms with Crippen LogP contribution in [0, 0.1) is 17.0 Å². The van der Waals surface area contributed by atoms with E-state index in [0.717, 1.165) is 5.56 Å². The Labute approximate surface area is 120 Å². The van der Waals surface area contributed by atoms with Crippen LogP contribution in [0.2, 0.25) is 0 Å². The van der Waals surface area contributed by atoms with Gasteiger partial charge in [0.15, 0.2) is 11.4 Å². The summed E-state index contributed by atoms with van der Waals surface area (Å²) in [5.74, 6) is -1.08. The van der Waals surface area contributed by atoms with Gasteiger partial charge in [-0.2, -0.15) is 0 Å². The first-order chi connectivity index (χ1) is 9.99. The number of carboxylic acids is 1. The molecule has 7 nitrogen and oxygen atoms in total. The van der Waals surface area contributed by atoms with E-state index in [1.807, 2.05) is 0 Å². The summed E-state index contributed by atoms with van der Waals surface area (Å²) in [7, 11) is 0. The molecule has 0 fully saturated rings. The lowest BCUT2D eigenvalue weighted by Gasteiger charge is -2.09. The van der Waals surface area contributed by atoms with E-state index in [1.54, 1.807) is 25.1 Å². The normalized spacial score (nSPS) is 10.1. The van der Waals surface area contributed by atoms with Crippen molar-refractivity contribution in [1.82, 2.24) is 4.98 Å². The quantitative estimate of drug-likeness (QED) is 0.670. The number of rotatable bonds is 5. The van der Waals surface area contributed by atoms with E-state index < -0.39 is 10.9 Å². The highest BCUT2D eigenvalue weighted by molar-refractivity contribution is 5.86. The summed E-state index contributed by atoms with van der Waals surface area (Å²) in [4.78, 5) is 25.2. The number of hydrogen-bond acceptors (Lipinski definition) is 5. The van der Waals surface area contributed by atoms with Crippen molar-refractivity contribution in [2.45, 2.75) is 13.5 Å². The summed E-state index contributed by atoms with van der Waals surface area (Å²) >= 11 is 0. The first kappa shape index (κ1) is 14.4. The number of carbonyl (C=O) groups is 1. The number of nitrogens with zero attached hydrogens (tertiary/aromatic N) is 2. The van der Waals surface area contributed by atoms with Crippen LogP contribution in [0.1, 0.15) is 21.6 Å². The molecule has 0 aliphatic heterocycles. The summed E-state index contributed by atoms with van der Waals surface area (Å²) in [5.41, 5.74) is 0.857. The largest absolute Gasteiger partial charge is 0.482 e. The first-order valence-electron chi connectivity index (χ1n) is 6.04. The van der Waals surface area contributed by atoms with E-state index in [-0.39, 0.29) is 23.7 Å². The van der Waals surface area contributed by atoms with Crippen molar-refractivity contribution < 1.29 is 19.6 Å². The molecule has 1 heterocycles. The van der Waals surface area contributed by atoms with E-state index in [9.17, 15) is 14.9 Å². The molecule has 1 aromatic heterocycles. The lowest BCUT2D eigenvalue weighted by Crippen LogP contribution is -2.08. The molecule has 7 heteroatoms. The molecule has 0 bridgehead atoms. The summed E-state index contributed by atoms with van der Waals surface area (Å²) in [6.07, 6.45) is 1.36. The molecule has 0 radical (unpaired) electrons. The van der Waals surface area contributed by atoms with Gasteiger partial charge in [0.25, 0.3) is 0 Å². The Kier molecular flexibility index (Phi) is 4.13. The zero-order valence-electron chi connectivity index (χ0n) is 11.1. The Hall–Kier alpha value is -2.96. The molecule has 0 atom stereocenters. The number of pyridine rings is 1. The third-order valence-electron chi connectivity index (χ3n) is 2.79. The Morgan fingerprint density at radius 1 is 1.43 bits per heavy atom. The highest BCUT2D eigenvalue weighted by atomic mass is 16.6. The lowest BCUT2D eigenvalue weighted by molar-refractivity contribution is -0.386. The molecule has 21 heavy (non-hydrogen) atoms. The zero-order valence-corrected chi connectivity index (χ0v) is 11.1. The fourth-order valence-corrected chi connectivity index (χ4v) is 1.79. The molecule has 0 amide bonds. The van der Waals surface area contributed by atoms with Crippen LogP contribution in [0.25, 0.3) is 0 Å². The van der Waals surface area contributed by atoms with Crippen molar-refractivity contribution in [2.24, 2.45) is 0 Å². The number of aromatic carboxylic acids is 1. The Bertz CT molecular complexity index is 700. The van der Waals surface area contributed by atoms with Gasteiger partial charge in [-0.25, -0.2) is 9.78 Å². The second-order valence-electron chi connectivity index (χ2n) is 4.33. The van der Waals surface area contributed by atoms with Gasteiger partial charge in [0, 0.05) is 17.8 Å². The van der Waals surface area contributed by atoms with Crippen LogP contribution in [-0.4, -0.2) is 21.0 Å². The van der Waals surface area contributed by atoms with Crippen molar-refractivity contribution in [1.29, 1.82) is 0 Å². The molecule has 0 saturated heterocycles. The summed E-state index contributed by atoms with van der Waals surface area (Å²) < 4.78 is 5.41.